The second kappa shape index (κ2) is 15.6. The largest absolute Gasteiger partial charge is 0.391 e. The topological polar surface area (TPSA) is 149 Å². The maximum atomic E-state index is 14.3. The fourth-order valence-corrected chi connectivity index (χ4v) is 7.17. The third-order valence-corrected chi connectivity index (χ3v) is 9.82. The number of fused-ring (bicyclic) bond motifs is 2. The number of aliphatic hydroxyl groups is 1. The smallest absolute Gasteiger partial charge is 0.256 e. The lowest BCUT2D eigenvalue weighted by molar-refractivity contribution is -0.136. The van der Waals surface area contributed by atoms with Crippen LogP contribution in [0.5, 0.6) is 0 Å². The van der Waals surface area contributed by atoms with Crippen molar-refractivity contribution in [2.24, 2.45) is 0 Å². The average Bonchev–Trinajstić information content (AvgIpc) is 3.92. The lowest BCUT2D eigenvalue weighted by atomic mass is 10.00. The van der Waals surface area contributed by atoms with Crippen molar-refractivity contribution in [2.75, 3.05) is 13.6 Å². The number of likely N-dealkylation sites (N-methyl/N-ethyl adjacent to an activating group) is 1. The summed E-state index contributed by atoms with van der Waals surface area (Å²) in [6, 6.07) is 29.6. The molecule has 3 N–H and O–H groups in total. The summed E-state index contributed by atoms with van der Waals surface area (Å²) in [5, 5.41) is 30.7. The number of rotatable bonds is 13. The fourth-order valence-electron chi connectivity index (χ4n) is 7.17. The number of amides is 3. The van der Waals surface area contributed by atoms with E-state index >= 15 is 0 Å². The molecule has 3 atom stereocenters. The van der Waals surface area contributed by atoms with E-state index in [1.165, 1.54) is 4.90 Å². The van der Waals surface area contributed by atoms with Crippen LogP contribution in [0.25, 0.3) is 21.7 Å². The molecular formula is C40H42N8O4. The predicted octanol–water partition coefficient (Wildman–Crippen LogP) is 4.29. The Kier molecular flexibility index (Phi) is 10.3. The highest BCUT2D eigenvalue weighted by Crippen LogP contribution is 2.28. The third-order valence-electron chi connectivity index (χ3n) is 9.82. The van der Waals surface area contributed by atoms with Gasteiger partial charge in [-0.3, -0.25) is 14.4 Å². The monoisotopic (exact) mass is 698 g/mol. The van der Waals surface area contributed by atoms with Gasteiger partial charge in [-0.25, -0.2) is 5.10 Å². The Morgan fingerprint density at radius 3 is 2.52 bits per heavy atom. The first kappa shape index (κ1) is 34.6. The van der Waals surface area contributed by atoms with Gasteiger partial charge >= 0.3 is 0 Å². The van der Waals surface area contributed by atoms with Gasteiger partial charge in [0.25, 0.3) is 5.91 Å². The molecule has 6 aromatic rings. The molecule has 0 spiro atoms. The second-order valence-electron chi connectivity index (χ2n) is 13.5. The number of tetrazole rings is 1. The van der Waals surface area contributed by atoms with Gasteiger partial charge in [0.15, 0.2) is 0 Å². The molecule has 1 aliphatic rings. The Balaban J connectivity index is 1.11. The molecule has 7 rings (SSSR count). The number of aryl methyl sites for hydroxylation is 2. The van der Waals surface area contributed by atoms with E-state index in [0.29, 0.717) is 25.1 Å². The van der Waals surface area contributed by atoms with E-state index in [1.54, 1.807) is 11.9 Å². The van der Waals surface area contributed by atoms with Crippen LogP contribution >= 0.6 is 0 Å². The quantitative estimate of drug-likeness (QED) is 0.152. The summed E-state index contributed by atoms with van der Waals surface area (Å²) in [6.45, 7) is 1.06. The fraction of sp³-hybridized carbons (Fsp3) is 0.300. The van der Waals surface area contributed by atoms with E-state index in [4.69, 9.17) is 0 Å². The Morgan fingerprint density at radius 2 is 1.71 bits per heavy atom. The Hall–Kier alpha value is -5.88. The Morgan fingerprint density at radius 1 is 0.942 bits per heavy atom. The summed E-state index contributed by atoms with van der Waals surface area (Å²) in [6.07, 6.45) is 3.70. The van der Waals surface area contributed by atoms with Crippen molar-refractivity contribution in [3.63, 3.8) is 0 Å². The zero-order chi connectivity index (χ0) is 36.0. The number of nitrogens with zero attached hydrogens (tertiary/aromatic N) is 6. The van der Waals surface area contributed by atoms with Crippen LogP contribution in [0.4, 0.5) is 0 Å². The molecule has 0 radical (unpaired) electrons. The number of unbranched alkanes of at least 4 members (excludes halogenated alkanes) is 1. The molecular weight excluding hydrogens is 656 g/mol. The first-order valence-electron chi connectivity index (χ1n) is 17.7. The molecule has 3 heterocycles. The summed E-state index contributed by atoms with van der Waals surface area (Å²) < 4.78 is 2.06. The highest BCUT2D eigenvalue weighted by atomic mass is 16.3. The lowest BCUT2D eigenvalue weighted by Gasteiger charge is -2.28. The number of H-pyrrole nitrogens is 1. The van der Waals surface area contributed by atoms with Gasteiger partial charge < -0.3 is 24.8 Å². The number of carbonyl (C=O) groups is 3. The number of likely N-dealkylation sites (tertiary alicyclic amines) is 1. The van der Waals surface area contributed by atoms with Gasteiger partial charge in [-0.15, -0.1) is 5.10 Å². The van der Waals surface area contributed by atoms with Gasteiger partial charge in [-0.05, 0) is 51.2 Å². The Labute approximate surface area is 301 Å². The van der Waals surface area contributed by atoms with Crippen LogP contribution in [0.2, 0.25) is 0 Å². The first-order chi connectivity index (χ1) is 25.3. The van der Waals surface area contributed by atoms with Gasteiger partial charge in [0.2, 0.25) is 11.8 Å². The van der Waals surface area contributed by atoms with E-state index in [9.17, 15) is 19.5 Å². The number of aromatic nitrogens is 5. The number of benzene rings is 4. The van der Waals surface area contributed by atoms with Crippen molar-refractivity contribution in [3.8, 4) is 0 Å². The number of aromatic amines is 1. The summed E-state index contributed by atoms with van der Waals surface area (Å²) in [7, 11) is 1.73. The van der Waals surface area contributed by atoms with Gasteiger partial charge in [-0.1, -0.05) is 91.0 Å². The number of para-hydroxylation sites is 1. The molecule has 4 aromatic carbocycles. The van der Waals surface area contributed by atoms with Crippen LogP contribution in [-0.2, 0) is 35.5 Å². The average molecular weight is 699 g/mol. The maximum absolute atomic E-state index is 14.3. The maximum Gasteiger partial charge on any atom is 0.256 e. The molecule has 3 unspecified atom stereocenters. The number of hydrogen-bond acceptors (Lipinski definition) is 7. The minimum Gasteiger partial charge on any atom is -0.391 e. The zero-order valence-electron chi connectivity index (χ0n) is 29.1. The number of carbonyl (C=O) groups excluding carboxylic acids is 3. The molecule has 1 fully saturated rings. The van der Waals surface area contributed by atoms with Crippen LogP contribution in [0.3, 0.4) is 0 Å². The molecule has 266 valence electrons. The van der Waals surface area contributed by atoms with E-state index < -0.39 is 24.1 Å². The van der Waals surface area contributed by atoms with Crippen LogP contribution < -0.4 is 5.32 Å². The summed E-state index contributed by atoms with van der Waals surface area (Å²) in [5.74, 6) is -0.320. The van der Waals surface area contributed by atoms with Crippen LogP contribution in [0.1, 0.15) is 46.6 Å². The standard InChI is InChI=1S/C40H42N8O4/c1-46(24-27-11-3-2-4-12-27)40(52)34(22-28-18-19-29-13-5-6-14-30(29)21-28)41-38(50)36-23-31(49)25-48(36)39(51)33-26-47(35-16-8-7-15-32(33)35)20-10-9-17-37-42-44-45-43-37/h2-8,11-16,18-19,21,26,31,34,36,49H,9-10,17,20,22-25H2,1H3,(H,41,50)(H,42,43,44,45). The number of hydrogen-bond donors (Lipinski definition) is 3. The van der Waals surface area contributed by atoms with E-state index in [2.05, 4.69) is 30.5 Å². The minimum atomic E-state index is -0.952. The molecule has 52 heavy (non-hydrogen) atoms. The molecule has 12 heteroatoms. The van der Waals surface area contributed by atoms with Crippen LogP contribution in [-0.4, -0.2) is 89.6 Å². The first-order valence-corrected chi connectivity index (χ1v) is 17.7. The van der Waals surface area contributed by atoms with Crippen molar-refractivity contribution < 1.29 is 19.5 Å². The van der Waals surface area contributed by atoms with Crippen molar-refractivity contribution in [1.82, 2.24) is 40.3 Å². The van der Waals surface area contributed by atoms with Crippen molar-refractivity contribution in [3.05, 3.63) is 126 Å². The second-order valence-corrected chi connectivity index (χ2v) is 13.5. The number of nitrogens with one attached hydrogen (secondary N) is 2. The molecule has 0 saturated carbocycles. The van der Waals surface area contributed by atoms with Crippen molar-refractivity contribution in [2.45, 2.75) is 63.4 Å². The van der Waals surface area contributed by atoms with Gasteiger partial charge in [0.1, 0.15) is 17.9 Å². The zero-order valence-corrected chi connectivity index (χ0v) is 29.1. The predicted molar refractivity (Wildman–Crippen MR) is 197 cm³/mol. The summed E-state index contributed by atoms with van der Waals surface area (Å²) >= 11 is 0. The molecule has 3 amide bonds. The van der Waals surface area contributed by atoms with Crippen molar-refractivity contribution in [1.29, 1.82) is 0 Å². The molecule has 0 aliphatic carbocycles. The van der Waals surface area contributed by atoms with Crippen LogP contribution in [0.15, 0.2) is 103 Å². The van der Waals surface area contributed by atoms with E-state index in [0.717, 1.165) is 51.5 Å². The molecule has 1 aliphatic heterocycles. The van der Waals surface area contributed by atoms with Gasteiger partial charge in [-0.2, -0.15) is 0 Å². The van der Waals surface area contributed by atoms with E-state index in [-0.39, 0.29) is 31.2 Å². The third kappa shape index (κ3) is 7.71. The van der Waals surface area contributed by atoms with Gasteiger partial charge in [0.05, 0.1) is 11.7 Å². The minimum absolute atomic E-state index is 0.0127. The SMILES string of the molecule is CN(Cc1ccccc1)C(=O)C(Cc1ccc2ccccc2c1)NC(=O)C1CC(O)CN1C(=O)c1cn(CCCCc2nnn[nH]2)c2ccccc12. The molecule has 0 bridgehead atoms. The Bertz CT molecular complexity index is 2170. The van der Waals surface area contributed by atoms with Gasteiger partial charge in [0, 0.05) is 63.0 Å². The lowest BCUT2D eigenvalue weighted by Crippen LogP contribution is -2.54. The normalized spacial score (nSPS) is 16.3. The number of aliphatic hydroxyl groups excluding tert-OH is 1. The van der Waals surface area contributed by atoms with E-state index in [1.807, 2.05) is 103 Å². The highest BCUT2D eigenvalue weighted by Gasteiger charge is 2.41. The van der Waals surface area contributed by atoms with Crippen molar-refractivity contribution >= 4 is 39.4 Å². The molecule has 2 aromatic heterocycles. The summed E-state index contributed by atoms with van der Waals surface area (Å²) in [4.78, 5) is 45.6. The summed E-state index contributed by atoms with van der Waals surface area (Å²) in [5.41, 5.74) is 3.25. The molecule has 1 saturated heterocycles. The van der Waals surface area contributed by atoms with Crippen LogP contribution in [0, 0.1) is 0 Å². The highest BCUT2D eigenvalue weighted by molar-refractivity contribution is 6.08. The number of β-amino-alcohol motifs (C(OH)–C–C–N with tert-alkyl or cyclic N) is 1. The molecule has 12 nitrogen and oxygen atoms in total.